The Kier molecular flexibility index (Phi) is 7.43. The highest BCUT2D eigenvalue weighted by molar-refractivity contribution is 6.05. The summed E-state index contributed by atoms with van der Waals surface area (Å²) in [5.74, 6) is -0.328. The number of nitrogens with one attached hydrogen (secondary N) is 1. The number of hydrogen-bond acceptors (Lipinski definition) is 8. The number of hydrogen-bond donors (Lipinski definition) is 1. The molecule has 152 valence electrons. The van der Waals surface area contributed by atoms with E-state index in [4.69, 9.17) is 18.9 Å². The summed E-state index contributed by atoms with van der Waals surface area (Å²) in [6, 6.07) is 8.50. The number of anilines is 1. The average molecular weight is 398 g/mol. The second kappa shape index (κ2) is 9.99. The van der Waals surface area contributed by atoms with Crippen molar-refractivity contribution in [2.45, 2.75) is 13.8 Å². The quantitative estimate of drug-likeness (QED) is 0.409. The van der Waals surface area contributed by atoms with Crippen LogP contribution in [0.3, 0.4) is 0 Å². The van der Waals surface area contributed by atoms with Crippen LogP contribution in [0.5, 0.6) is 11.5 Å². The zero-order valence-electron chi connectivity index (χ0n) is 16.7. The van der Waals surface area contributed by atoms with Gasteiger partial charge in [-0.2, -0.15) is 5.26 Å². The molecule has 8 heteroatoms. The van der Waals surface area contributed by atoms with Gasteiger partial charge in [-0.3, -0.25) is 0 Å². The lowest BCUT2D eigenvalue weighted by atomic mass is 10.0. The monoisotopic (exact) mass is 398 g/mol. The fourth-order valence-electron chi connectivity index (χ4n) is 2.71. The van der Waals surface area contributed by atoms with Crippen molar-refractivity contribution in [3.05, 3.63) is 41.6 Å². The largest absolute Gasteiger partial charge is 0.493 e. The number of rotatable bonds is 8. The first-order chi connectivity index (χ1) is 14.0. The third kappa shape index (κ3) is 4.76. The van der Waals surface area contributed by atoms with Crippen LogP contribution in [-0.4, -0.2) is 39.4 Å². The Hall–Kier alpha value is -3.73. The molecule has 0 bridgehead atoms. The summed E-state index contributed by atoms with van der Waals surface area (Å²) in [6.07, 6.45) is 1.23. The lowest BCUT2D eigenvalue weighted by Gasteiger charge is -2.15. The number of ether oxygens (including phenoxy) is 4. The molecule has 0 spiro atoms. The molecule has 2 aromatic carbocycles. The van der Waals surface area contributed by atoms with Gasteiger partial charge >= 0.3 is 11.9 Å². The second-order valence-corrected chi connectivity index (χ2v) is 5.68. The molecule has 0 atom stereocenters. The average Bonchev–Trinajstić information content (AvgIpc) is 2.73. The van der Waals surface area contributed by atoms with Crippen LogP contribution in [0.4, 0.5) is 5.69 Å². The molecule has 2 aromatic rings. The van der Waals surface area contributed by atoms with Gasteiger partial charge in [0.15, 0.2) is 17.1 Å². The number of carbonyl (C=O) groups is 2. The van der Waals surface area contributed by atoms with Crippen LogP contribution < -0.4 is 14.8 Å². The molecule has 1 N–H and O–H groups in total. The number of methoxy groups -OCH3 is 2. The minimum atomic E-state index is -0.743. The number of benzene rings is 2. The predicted octanol–water partition coefficient (Wildman–Crippen LogP) is 3.42. The van der Waals surface area contributed by atoms with E-state index in [1.807, 2.05) is 0 Å². The molecule has 29 heavy (non-hydrogen) atoms. The molecule has 0 aromatic heterocycles. The number of fused-ring (bicyclic) bond motifs is 1. The first-order valence-electron chi connectivity index (χ1n) is 8.90. The van der Waals surface area contributed by atoms with Gasteiger partial charge in [-0.25, -0.2) is 9.59 Å². The van der Waals surface area contributed by atoms with E-state index in [1.165, 1.54) is 20.4 Å². The molecule has 0 aliphatic heterocycles. The molecule has 0 saturated heterocycles. The van der Waals surface area contributed by atoms with Gasteiger partial charge in [-0.1, -0.05) is 0 Å². The highest BCUT2D eigenvalue weighted by atomic mass is 16.5. The van der Waals surface area contributed by atoms with Crippen LogP contribution in [0.25, 0.3) is 10.8 Å². The van der Waals surface area contributed by atoms with Crippen molar-refractivity contribution in [3.8, 4) is 17.6 Å². The molecule has 2 rings (SSSR count). The Bertz CT molecular complexity index is 991. The van der Waals surface area contributed by atoms with Crippen molar-refractivity contribution in [3.63, 3.8) is 0 Å². The van der Waals surface area contributed by atoms with E-state index >= 15 is 0 Å². The van der Waals surface area contributed by atoms with E-state index in [0.29, 0.717) is 28.0 Å². The number of nitrogens with zero attached hydrogens (tertiary/aromatic N) is 1. The third-order valence-electron chi connectivity index (χ3n) is 3.97. The van der Waals surface area contributed by atoms with Crippen molar-refractivity contribution in [2.24, 2.45) is 0 Å². The van der Waals surface area contributed by atoms with E-state index in [1.54, 1.807) is 44.2 Å². The smallest absolute Gasteiger partial charge is 0.350 e. The van der Waals surface area contributed by atoms with Gasteiger partial charge in [0.05, 0.1) is 33.0 Å². The Morgan fingerprint density at radius 3 is 2.38 bits per heavy atom. The van der Waals surface area contributed by atoms with E-state index in [0.717, 1.165) is 0 Å². The minimum absolute atomic E-state index is 0.149. The van der Waals surface area contributed by atoms with Gasteiger partial charge < -0.3 is 24.3 Å². The van der Waals surface area contributed by atoms with Gasteiger partial charge in [0.1, 0.15) is 6.07 Å². The predicted molar refractivity (Wildman–Crippen MR) is 107 cm³/mol. The lowest BCUT2D eigenvalue weighted by molar-refractivity contribution is -0.138. The summed E-state index contributed by atoms with van der Waals surface area (Å²) >= 11 is 0. The highest BCUT2D eigenvalue weighted by Gasteiger charge is 2.17. The molecule has 0 heterocycles. The lowest BCUT2D eigenvalue weighted by Crippen LogP contribution is -2.09. The van der Waals surface area contributed by atoms with E-state index < -0.39 is 11.9 Å². The maximum atomic E-state index is 12.3. The zero-order chi connectivity index (χ0) is 21.4. The highest BCUT2D eigenvalue weighted by Crippen LogP contribution is 2.39. The Labute approximate surface area is 168 Å². The number of esters is 2. The summed E-state index contributed by atoms with van der Waals surface area (Å²) in [4.78, 5) is 24.2. The van der Waals surface area contributed by atoms with Gasteiger partial charge in [0, 0.05) is 22.7 Å². The minimum Gasteiger partial charge on any atom is -0.493 e. The number of nitriles is 1. The molecule has 0 saturated carbocycles. The van der Waals surface area contributed by atoms with Crippen molar-refractivity contribution >= 4 is 28.4 Å². The molecule has 0 aliphatic carbocycles. The molecule has 0 aliphatic rings. The van der Waals surface area contributed by atoms with Crippen LogP contribution in [0.15, 0.2) is 36.0 Å². The van der Waals surface area contributed by atoms with Crippen molar-refractivity contribution in [2.75, 3.05) is 32.8 Å². The molecule has 0 amide bonds. The van der Waals surface area contributed by atoms with Crippen molar-refractivity contribution < 1.29 is 28.5 Å². The zero-order valence-corrected chi connectivity index (χ0v) is 16.7. The van der Waals surface area contributed by atoms with E-state index in [2.05, 4.69) is 5.32 Å². The summed E-state index contributed by atoms with van der Waals surface area (Å²) < 4.78 is 20.7. The first-order valence-corrected chi connectivity index (χ1v) is 8.90. The summed E-state index contributed by atoms with van der Waals surface area (Å²) in [7, 11) is 3.01. The normalized spacial score (nSPS) is 10.8. The summed E-state index contributed by atoms with van der Waals surface area (Å²) in [5, 5.41) is 13.4. The van der Waals surface area contributed by atoms with E-state index in [-0.39, 0.29) is 24.4 Å². The molecule has 0 fully saturated rings. The standard InChI is InChI=1S/C21H22N2O6/c1-5-28-20(24)13-9-16-15(7-8-18(26-3)19(16)27-4)17(10-13)23-12-14(11-22)21(25)29-6-2/h7-10,12,23H,5-6H2,1-4H3. The van der Waals surface area contributed by atoms with Gasteiger partial charge in [-0.05, 0) is 38.1 Å². The van der Waals surface area contributed by atoms with Gasteiger partial charge in [0.25, 0.3) is 0 Å². The van der Waals surface area contributed by atoms with Crippen LogP contribution in [0, 0.1) is 11.3 Å². The van der Waals surface area contributed by atoms with Crippen LogP contribution in [0.1, 0.15) is 24.2 Å². The Morgan fingerprint density at radius 1 is 1.07 bits per heavy atom. The Balaban J connectivity index is 2.64. The van der Waals surface area contributed by atoms with Gasteiger partial charge in [-0.15, -0.1) is 0 Å². The SMILES string of the molecule is CCOC(=O)C(C#N)=CNc1cc(C(=O)OCC)cc2c(OC)c(OC)ccc12. The van der Waals surface area contributed by atoms with Crippen LogP contribution in [-0.2, 0) is 14.3 Å². The molecule has 0 unspecified atom stereocenters. The maximum Gasteiger partial charge on any atom is 0.350 e. The fraction of sp³-hybridized carbons (Fsp3) is 0.286. The van der Waals surface area contributed by atoms with E-state index in [9.17, 15) is 14.9 Å². The summed E-state index contributed by atoms with van der Waals surface area (Å²) in [6.45, 7) is 3.73. The third-order valence-corrected chi connectivity index (χ3v) is 3.97. The van der Waals surface area contributed by atoms with Crippen molar-refractivity contribution in [1.82, 2.24) is 0 Å². The fourth-order valence-corrected chi connectivity index (χ4v) is 2.71. The van der Waals surface area contributed by atoms with Crippen molar-refractivity contribution in [1.29, 1.82) is 5.26 Å². The molecular formula is C21H22N2O6. The molecule has 8 nitrogen and oxygen atoms in total. The first kappa shape index (κ1) is 21.6. The second-order valence-electron chi connectivity index (χ2n) is 5.68. The number of carbonyl (C=O) groups excluding carboxylic acids is 2. The Morgan fingerprint density at radius 2 is 1.79 bits per heavy atom. The van der Waals surface area contributed by atoms with Gasteiger partial charge in [0.2, 0.25) is 0 Å². The molecular weight excluding hydrogens is 376 g/mol. The van der Waals surface area contributed by atoms with Crippen LogP contribution >= 0.6 is 0 Å². The summed E-state index contributed by atoms with van der Waals surface area (Å²) in [5.41, 5.74) is 0.544. The topological polar surface area (TPSA) is 107 Å². The van der Waals surface area contributed by atoms with Crippen LogP contribution in [0.2, 0.25) is 0 Å². The maximum absolute atomic E-state index is 12.3. The molecule has 0 radical (unpaired) electrons.